The molecule has 1 heterocycles. The van der Waals surface area contributed by atoms with Gasteiger partial charge in [-0.25, -0.2) is 0 Å². The molecule has 0 unspecified atom stereocenters. The van der Waals surface area contributed by atoms with E-state index in [1.54, 1.807) is 32.4 Å². The molecule has 3 aromatic carbocycles. The van der Waals surface area contributed by atoms with Crippen LogP contribution in [-0.4, -0.2) is 39.4 Å². The first-order valence-electron chi connectivity index (χ1n) is 10.6. The summed E-state index contributed by atoms with van der Waals surface area (Å²) < 4.78 is 22.5. The van der Waals surface area contributed by atoms with Gasteiger partial charge >= 0.3 is 0 Å². The molecule has 0 radical (unpaired) electrons. The van der Waals surface area contributed by atoms with Gasteiger partial charge in [0.25, 0.3) is 5.91 Å². The van der Waals surface area contributed by atoms with Gasteiger partial charge in [-0.3, -0.25) is 4.79 Å². The van der Waals surface area contributed by atoms with Gasteiger partial charge in [-0.05, 0) is 30.2 Å². The maximum absolute atomic E-state index is 12.5. The number of fused-ring (bicyclic) bond motifs is 1. The minimum Gasteiger partial charge on any atom is -0.493 e. The van der Waals surface area contributed by atoms with E-state index < -0.39 is 0 Å². The number of carbonyl (C=O) groups excluding carboxylic acids is 1. The summed E-state index contributed by atoms with van der Waals surface area (Å²) in [5.41, 5.74) is 2.42. The lowest BCUT2D eigenvalue weighted by atomic mass is 9.84. The summed E-state index contributed by atoms with van der Waals surface area (Å²) in [6.45, 7) is 0.241. The standard InChI is InChI=1S/C26H27NO5/c1-29-23-13-8-14-24(30-2)26(23)31-17-25(28)27-16-19-15-21(18-9-4-3-5-10-18)20-11-6-7-12-22(20)32-19/h3-14,19,21H,15-17H2,1-2H3,(H,27,28)/t19-,21+/m0/s1. The van der Waals surface area contributed by atoms with Gasteiger partial charge < -0.3 is 24.3 Å². The molecular weight excluding hydrogens is 406 g/mol. The van der Waals surface area contributed by atoms with Crippen molar-refractivity contribution in [1.82, 2.24) is 5.32 Å². The van der Waals surface area contributed by atoms with E-state index in [0.29, 0.717) is 23.8 Å². The van der Waals surface area contributed by atoms with Gasteiger partial charge in [0.15, 0.2) is 18.1 Å². The highest BCUT2D eigenvalue weighted by Crippen LogP contribution is 2.40. The molecule has 1 N–H and O–H groups in total. The minimum atomic E-state index is -0.239. The summed E-state index contributed by atoms with van der Waals surface area (Å²) in [5, 5.41) is 2.93. The van der Waals surface area contributed by atoms with Gasteiger partial charge in [-0.1, -0.05) is 54.6 Å². The van der Waals surface area contributed by atoms with Crippen molar-refractivity contribution in [3.8, 4) is 23.0 Å². The van der Waals surface area contributed by atoms with E-state index >= 15 is 0 Å². The van der Waals surface area contributed by atoms with E-state index in [1.165, 1.54) is 11.1 Å². The van der Waals surface area contributed by atoms with E-state index in [1.807, 2.05) is 36.4 Å². The second kappa shape index (κ2) is 10.1. The summed E-state index contributed by atoms with van der Waals surface area (Å²) in [5.74, 6) is 2.26. The van der Waals surface area contributed by atoms with Crippen LogP contribution in [-0.2, 0) is 4.79 Å². The van der Waals surface area contributed by atoms with Gasteiger partial charge in [0.1, 0.15) is 11.9 Å². The smallest absolute Gasteiger partial charge is 0.258 e. The molecule has 0 spiro atoms. The van der Waals surface area contributed by atoms with Crippen LogP contribution < -0.4 is 24.3 Å². The van der Waals surface area contributed by atoms with Crippen LogP contribution in [0.3, 0.4) is 0 Å². The van der Waals surface area contributed by atoms with Crippen LogP contribution >= 0.6 is 0 Å². The van der Waals surface area contributed by atoms with Gasteiger partial charge in [0, 0.05) is 11.5 Å². The Hall–Kier alpha value is -3.67. The number of para-hydroxylation sites is 2. The predicted octanol–water partition coefficient (Wildman–Crippen LogP) is 4.18. The molecule has 1 aliphatic rings. The van der Waals surface area contributed by atoms with Crippen molar-refractivity contribution in [2.45, 2.75) is 18.4 Å². The van der Waals surface area contributed by atoms with Crippen molar-refractivity contribution in [3.63, 3.8) is 0 Å². The van der Waals surface area contributed by atoms with Crippen LogP contribution in [0.15, 0.2) is 72.8 Å². The lowest BCUT2D eigenvalue weighted by Gasteiger charge is -2.32. The zero-order valence-electron chi connectivity index (χ0n) is 18.2. The number of methoxy groups -OCH3 is 2. The molecule has 0 saturated carbocycles. The van der Waals surface area contributed by atoms with E-state index in [9.17, 15) is 4.79 Å². The summed E-state index contributed by atoms with van der Waals surface area (Å²) in [7, 11) is 3.09. The Balaban J connectivity index is 1.39. The van der Waals surface area contributed by atoms with Crippen molar-refractivity contribution in [1.29, 1.82) is 0 Å². The third-order valence-electron chi connectivity index (χ3n) is 5.55. The monoisotopic (exact) mass is 433 g/mol. The number of carbonyl (C=O) groups is 1. The highest BCUT2D eigenvalue weighted by molar-refractivity contribution is 5.77. The summed E-state index contributed by atoms with van der Waals surface area (Å²) in [6.07, 6.45) is 0.641. The SMILES string of the molecule is COc1cccc(OC)c1OCC(=O)NC[C@@H]1C[C@H](c2ccccc2)c2ccccc2O1. The number of benzene rings is 3. The molecule has 0 bridgehead atoms. The fourth-order valence-electron chi connectivity index (χ4n) is 4.00. The number of hydrogen-bond donors (Lipinski definition) is 1. The van der Waals surface area contributed by atoms with Crippen LogP contribution in [0.4, 0.5) is 0 Å². The zero-order chi connectivity index (χ0) is 22.3. The molecule has 166 valence electrons. The van der Waals surface area contributed by atoms with E-state index in [2.05, 4.69) is 23.5 Å². The van der Waals surface area contributed by atoms with Crippen LogP contribution in [0.1, 0.15) is 23.5 Å². The predicted molar refractivity (Wildman–Crippen MR) is 122 cm³/mol. The van der Waals surface area contributed by atoms with Crippen LogP contribution in [0.25, 0.3) is 0 Å². The molecule has 6 heteroatoms. The first-order valence-corrected chi connectivity index (χ1v) is 10.6. The third kappa shape index (κ3) is 4.80. The van der Waals surface area contributed by atoms with E-state index in [4.69, 9.17) is 18.9 Å². The van der Waals surface area contributed by atoms with Gasteiger partial charge in [0.2, 0.25) is 5.75 Å². The molecule has 3 aromatic rings. The highest BCUT2D eigenvalue weighted by atomic mass is 16.5. The fraction of sp³-hybridized carbons (Fsp3) is 0.269. The van der Waals surface area contributed by atoms with Crippen molar-refractivity contribution in [2.24, 2.45) is 0 Å². The molecule has 32 heavy (non-hydrogen) atoms. The summed E-state index contributed by atoms with van der Waals surface area (Å²) in [6, 6.07) is 23.8. The number of amides is 1. The third-order valence-corrected chi connectivity index (χ3v) is 5.55. The van der Waals surface area contributed by atoms with Crippen molar-refractivity contribution < 1.29 is 23.7 Å². The van der Waals surface area contributed by atoms with E-state index in [0.717, 1.165) is 12.2 Å². The van der Waals surface area contributed by atoms with Crippen LogP contribution in [0, 0.1) is 0 Å². The quantitative estimate of drug-likeness (QED) is 0.577. The Labute approximate surface area is 188 Å². The van der Waals surface area contributed by atoms with E-state index in [-0.39, 0.29) is 24.5 Å². The highest BCUT2D eigenvalue weighted by Gasteiger charge is 2.29. The molecule has 0 fully saturated rings. The lowest BCUT2D eigenvalue weighted by molar-refractivity contribution is -0.123. The Kier molecular flexibility index (Phi) is 6.80. The second-order valence-corrected chi connectivity index (χ2v) is 7.56. The normalized spacial score (nSPS) is 16.9. The second-order valence-electron chi connectivity index (χ2n) is 7.56. The molecule has 2 atom stereocenters. The maximum Gasteiger partial charge on any atom is 0.258 e. The topological polar surface area (TPSA) is 66.0 Å². The first-order chi connectivity index (χ1) is 15.7. The maximum atomic E-state index is 12.5. The molecule has 0 saturated heterocycles. The van der Waals surface area contributed by atoms with Crippen molar-refractivity contribution in [2.75, 3.05) is 27.4 Å². The zero-order valence-corrected chi connectivity index (χ0v) is 18.2. The number of rotatable bonds is 8. The minimum absolute atomic E-state index is 0.139. The number of nitrogens with one attached hydrogen (secondary N) is 1. The number of hydrogen-bond acceptors (Lipinski definition) is 5. The Bertz CT molecular complexity index is 1030. The van der Waals surface area contributed by atoms with Gasteiger partial charge in [0.05, 0.1) is 20.8 Å². The molecular formula is C26H27NO5. The Morgan fingerprint density at radius 1 is 0.938 bits per heavy atom. The molecule has 1 amide bonds. The van der Waals surface area contributed by atoms with Gasteiger partial charge in [-0.15, -0.1) is 0 Å². The molecule has 1 aliphatic heterocycles. The average Bonchev–Trinajstić information content (AvgIpc) is 2.85. The molecule has 6 nitrogen and oxygen atoms in total. The largest absolute Gasteiger partial charge is 0.493 e. The Morgan fingerprint density at radius 2 is 1.62 bits per heavy atom. The number of ether oxygens (including phenoxy) is 4. The lowest BCUT2D eigenvalue weighted by Crippen LogP contribution is -2.40. The molecule has 0 aromatic heterocycles. The Morgan fingerprint density at radius 3 is 2.34 bits per heavy atom. The summed E-state index contributed by atoms with van der Waals surface area (Å²) >= 11 is 0. The first kappa shape index (κ1) is 21.6. The summed E-state index contributed by atoms with van der Waals surface area (Å²) in [4.78, 5) is 12.5. The van der Waals surface area contributed by atoms with Gasteiger partial charge in [-0.2, -0.15) is 0 Å². The van der Waals surface area contributed by atoms with Crippen LogP contribution in [0.2, 0.25) is 0 Å². The van der Waals surface area contributed by atoms with Crippen LogP contribution in [0.5, 0.6) is 23.0 Å². The van der Waals surface area contributed by atoms with Crippen molar-refractivity contribution in [3.05, 3.63) is 83.9 Å². The van der Waals surface area contributed by atoms with Crippen molar-refractivity contribution >= 4 is 5.91 Å². The molecule has 4 rings (SSSR count). The molecule has 0 aliphatic carbocycles. The fourth-order valence-corrected chi connectivity index (χ4v) is 4.00. The average molecular weight is 434 g/mol.